The lowest BCUT2D eigenvalue weighted by molar-refractivity contribution is -0.143. The number of carboxylic acids is 1. The van der Waals surface area contributed by atoms with E-state index in [0.717, 1.165) is 18.7 Å². The van der Waals surface area contributed by atoms with Crippen LogP contribution in [0.25, 0.3) is 0 Å². The zero-order chi connectivity index (χ0) is 14.9. The molecule has 0 aliphatic heterocycles. The molecule has 0 unspecified atom stereocenters. The topological polar surface area (TPSA) is 105 Å². The van der Waals surface area contributed by atoms with E-state index in [9.17, 15) is 9.59 Å². The minimum Gasteiger partial charge on any atom is -0.480 e. The van der Waals surface area contributed by atoms with Gasteiger partial charge in [-0.2, -0.15) is 4.98 Å². The predicted octanol–water partition coefficient (Wildman–Crippen LogP) is 1.39. The highest BCUT2D eigenvalue weighted by molar-refractivity contribution is 5.89. The van der Waals surface area contributed by atoms with Crippen molar-refractivity contribution < 1.29 is 19.2 Å². The normalized spacial score (nSPS) is 20.4. The number of hydrogen-bond acceptors (Lipinski definition) is 5. The second-order valence-corrected chi connectivity index (χ2v) is 5.96. The molecule has 0 radical (unpaired) electrons. The molecule has 1 heterocycles. The van der Waals surface area contributed by atoms with Gasteiger partial charge in [-0.15, -0.1) is 0 Å². The Morgan fingerprint density at radius 1 is 1.33 bits per heavy atom. The van der Waals surface area contributed by atoms with Gasteiger partial charge in [-0.25, -0.2) is 4.79 Å². The molecule has 0 atom stereocenters. The molecule has 114 valence electrons. The number of nitrogens with zero attached hydrogens (tertiary/aromatic N) is 2. The number of aliphatic carboxylic acids is 1. The fourth-order valence-corrected chi connectivity index (χ4v) is 2.79. The number of carbonyl (C=O) groups is 2. The van der Waals surface area contributed by atoms with Crippen LogP contribution in [0.2, 0.25) is 0 Å². The van der Waals surface area contributed by atoms with Gasteiger partial charge in [0.2, 0.25) is 11.8 Å². The quantitative estimate of drug-likeness (QED) is 0.821. The highest BCUT2D eigenvalue weighted by Crippen LogP contribution is 2.35. The summed E-state index contributed by atoms with van der Waals surface area (Å²) in [5.74, 6) is 0.338. The number of rotatable bonds is 6. The molecule has 2 fully saturated rings. The minimum absolute atomic E-state index is 0.168. The molecule has 1 aromatic heterocycles. The van der Waals surface area contributed by atoms with Gasteiger partial charge in [-0.1, -0.05) is 18.0 Å². The van der Waals surface area contributed by atoms with Crippen molar-refractivity contribution in [2.45, 2.75) is 62.8 Å². The number of carboxylic acid groups (broad SMARTS) is 1. The van der Waals surface area contributed by atoms with Crippen LogP contribution in [0.3, 0.4) is 0 Å². The SMILES string of the molecule is O=C(CCc1nc(C2CCCC2)no1)NC1(C(=O)O)CC1. The van der Waals surface area contributed by atoms with Crippen molar-refractivity contribution in [1.82, 2.24) is 15.5 Å². The smallest absolute Gasteiger partial charge is 0.329 e. The summed E-state index contributed by atoms with van der Waals surface area (Å²) >= 11 is 0. The molecule has 0 saturated heterocycles. The largest absolute Gasteiger partial charge is 0.480 e. The molecule has 21 heavy (non-hydrogen) atoms. The van der Waals surface area contributed by atoms with Crippen molar-refractivity contribution in [2.24, 2.45) is 0 Å². The number of hydrogen-bond donors (Lipinski definition) is 2. The number of carbonyl (C=O) groups excluding carboxylic acids is 1. The maximum Gasteiger partial charge on any atom is 0.329 e. The summed E-state index contributed by atoms with van der Waals surface area (Å²) in [5, 5.41) is 15.6. The van der Waals surface area contributed by atoms with Crippen LogP contribution >= 0.6 is 0 Å². The van der Waals surface area contributed by atoms with Crippen LogP contribution in [0, 0.1) is 0 Å². The molecule has 1 amide bonds. The Labute approximate surface area is 122 Å². The van der Waals surface area contributed by atoms with Gasteiger partial charge in [0.05, 0.1) is 0 Å². The molecule has 0 spiro atoms. The Morgan fingerprint density at radius 2 is 2.05 bits per heavy atom. The van der Waals surface area contributed by atoms with Gasteiger partial charge in [0.25, 0.3) is 0 Å². The predicted molar refractivity (Wildman–Crippen MR) is 71.6 cm³/mol. The van der Waals surface area contributed by atoms with Gasteiger partial charge in [0.1, 0.15) is 5.54 Å². The van der Waals surface area contributed by atoms with E-state index in [1.54, 1.807) is 0 Å². The molecule has 3 rings (SSSR count). The maximum absolute atomic E-state index is 11.8. The zero-order valence-corrected chi connectivity index (χ0v) is 11.8. The van der Waals surface area contributed by atoms with Crippen LogP contribution in [-0.4, -0.2) is 32.7 Å². The van der Waals surface area contributed by atoms with Crippen molar-refractivity contribution >= 4 is 11.9 Å². The summed E-state index contributed by atoms with van der Waals surface area (Å²) in [5.41, 5.74) is -1.03. The molecule has 2 saturated carbocycles. The van der Waals surface area contributed by atoms with Gasteiger partial charge in [-0.3, -0.25) is 4.79 Å². The van der Waals surface area contributed by atoms with Crippen LogP contribution in [0.1, 0.15) is 62.6 Å². The lowest BCUT2D eigenvalue weighted by Gasteiger charge is -2.11. The second kappa shape index (κ2) is 5.46. The van der Waals surface area contributed by atoms with E-state index in [1.165, 1.54) is 12.8 Å². The third kappa shape index (κ3) is 3.06. The molecule has 2 N–H and O–H groups in total. The van der Waals surface area contributed by atoms with E-state index in [-0.39, 0.29) is 12.3 Å². The van der Waals surface area contributed by atoms with E-state index in [0.29, 0.717) is 31.1 Å². The highest BCUT2D eigenvalue weighted by Gasteiger charge is 2.51. The van der Waals surface area contributed by atoms with Gasteiger partial charge in [-0.05, 0) is 25.7 Å². The van der Waals surface area contributed by atoms with E-state index in [4.69, 9.17) is 9.63 Å². The van der Waals surface area contributed by atoms with Crippen LogP contribution in [0.15, 0.2) is 4.52 Å². The van der Waals surface area contributed by atoms with E-state index < -0.39 is 11.5 Å². The number of aromatic nitrogens is 2. The summed E-state index contributed by atoms with van der Waals surface area (Å²) in [6, 6.07) is 0. The van der Waals surface area contributed by atoms with E-state index in [2.05, 4.69) is 15.5 Å². The fourth-order valence-electron chi connectivity index (χ4n) is 2.79. The first-order chi connectivity index (χ1) is 10.1. The number of amides is 1. The van der Waals surface area contributed by atoms with Crippen molar-refractivity contribution in [3.05, 3.63) is 11.7 Å². The van der Waals surface area contributed by atoms with Crippen molar-refractivity contribution in [3.8, 4) is 0 Å². The molecular weight excluding hydrogens is 274 g/mol. The van der Waals surface area contributed by atoms with Gasteiger partial charge >= 0.3 is 5.97 Å². The number of aryl methyl sites for hydroxylation is 1. The minimum atomic E-state index is -1.03. The van der Waals surface area contributed by atoms with E-state index >= 15 is 0 Å². The average Bonchev–Trinajstić information content (AvgIpc) is 2.92. The van der Waals surface area contributed by atoms with Crippen LogP contribution in [-0.2, 0) is 16.0 Å². The molecule has 2 aliphatic carbocycles. The molecular formula is C14H19N3O4. The molecule has 0 aromatic carbocycles. The van der Waals surface area contributed by atoms with Crippen LogP contribution in [0.4, 0.5) is 0 Å². The van der Waals surface area contributed by atoms with Gasteiger partial charge in [0, 0.05) is 18.8 Å². The van der Waals surface area contributed by atoms with Crippen LogP contribution < -0.4 is 5.32 Å². The first kappa shape index (κ1) is 14.0. The molecule has 2 aliphatic rings. The third-order valence-corrected chi connectivity index (χ3v) is 4.31. The monoisotopic (exact) mass is 293 g/mol. The van der Waals surface area contributed by atoms with Crippen molar-refractivity contribution in [2.75, 3.05) is 0 Å². The standard InChI is InChI=1S/C14H19N3O4/c18-10(16-14(7-8-14)13(19)20)5-6-11-15-12(17-21-11)9-3-1-2-4-9/h9H,1-8H2,(H,16,18)(H,19,20). The molecule has 7 heteroatoms. The molecule has 1 aromatic rings. The summed E-state index contributed by atoms with van der Waals surface area (Å²) in [6.07, 6.45) is 6.12. The Hall–Kier alpha value is -1.92. The Balaban J connectivity index is 1.49. The highest BCUT2D eigenvalue weighted by atomic mass is 16.5. The summed E-state index contributed by atoms with van der Waals surface area (Å²) in [7, 11) is 0. The Kier molecular flexibility index (Phi) is 3.65. The summed E-state index contributed by atoms with van der Waals surface area (Å²) < 4.78 is 5.16. The average molecular weight is 293 g/mol. The maximum atomic E-state index is 11.8. The first-order valence-corrected chi connectivity index (χ1v) is 7.46. The van der Waals surface area contributed by atoms with Crippen molar-refractivity contribution in [1.29, 1.82) is 0 Å². The van der Waals surface area contributed by atoms with Gasteiger partial charge < -0.3 is 14.9 Å². The van der Waals surface area contributed by atoms with Crippen LogP contribution in [0.5, 0.6) is 0 Å². The summed E-state index contributed by atoms with van der Waals surface area (Å²) in [4.78, 5) is 27.1. The van der Waals surface area contributed by atoms with E-state index in [1.807, 2.05) is 0 Å². The second-order valence-electron chi connectivity index (χ2n) is 5.96. The summed E-state index contributed by atoms with van der Waals surface area (Å²) in [6.45, 7) is 0. The third-order valence-electron chi connectivity index (χ3n) is 4.31. The van der Waals surface area contributed by atoms with Gasteiger partial charge in [0.15, 0.2) is 5.82 Å². The first-order valence-electron chi connectivity index (χ1n) is 7.46. The Bertz CT molecular complexity index is 544. The molecule has 0 bridgehead atoms. The number of nitrogens with one attached hydrogen (secondary N) is 1. The zero-order valence-electron chi connectivity index (χ0n) is 11.8. The lowest BCUT2D eigenvalue weighted by Crippen LogP contribution is -2.43. The fraction of sp³-hybridized carbons (Fsp3) is 0.714. The lowest BCUT2D eigenvalue weighted by atomic mass is 10.1. The Morgan fingerprint density at radius 3 is 2.67 bits per heavy atom. The molecule has 7 nitrogen and oxygen atoms in total. The van der Waals surface area contributed by atoms with Crippen molar-refractivity contribution in [3.63, 3.8) is 0 Å².